The maximum atomic E-state index is 11.0. The predicted molar refractivity (Wildman–Crippen MR) is 79.9 cm³/mol. The van der Waals surface area contributed by atoms with Crippen LogP contribution in [-0.4, -0.2) is 25.6 Å². The van der Waals surface area contributed by atoms with Crippen LogP contribution in [-0.2, 0) is 7.05 Å². The number of rotatable bonds is 4. The van der Waals surface area contributed by atoms with Gasteiger partial charge in [-0.15, -0.1) is 0 Å². The molecular formula is C16H13N3O3. The van der Waals surface area contributed by atoms with Crippen LogP contribution in [0.5, 0.6) is 11.6 Å². The highest BCUT2D eigenvalue weighted by atomic mass is 16.5. The van der Waals surface area contributed by atoms with Gasteiger partial charge in [0.15, 0.2) is 5.69 Å². The first-order chi connectivity index (χ1) is 10.6. The normalized spacial score (nSPS) is 10.4. The molecule has 0 fully saturated rings. The van der Waals surface area contributed by atoms with Crippen molar-refractivity contribution in [2.24, 2.45) is 7.05 Å². The van der Waals surface area contributed by atoms with Crippen LogP contribution in [0.1, 0.15) is 10.5 Å². The number of pyridine rings is 1. The summed E-state index contributed by atoms with van der Waals surface area (Å²) in [7, 11) is 1.75. The third kappa shape index (κ3) is 2.80. The smallest absolute Gasteiger partial charge is 0.356 e. The van der Waals surface area contributed by atoms with Crippen molar-refractivity contribution in [1.82, 2.24) is 14.5 Å². The van der Waals surface area contributed by atoms with Crippen LogP contribution in [0.4, 0.5) is 0 Å². The Hall–Kier alpha value is -3.15. The zero-order chi connectivity index (χ0) is 15.5. The first-order valence-corrected chi connectivity index (χ1v) is 6.59. The summed E-state index contributed by atoms with van der Waals surface area (Å²) in [5.41, 5.74) is 0.775. The Morgan fingerprint density at radius 1 is 1.23 bits per heavy atom. The second-order valence-corrected chi connectivity index (χ2v) is 4.66. The molecule has 0 saturated carbocycles. The third-order valence-electron chi connectivity index (χ3n) is 3.05. The van der Waals surface area contributed by atoms with Crippen molar-refractivity contribution in [3.8, 4) is 23.0 Å². The van der Waals surface area contributed by atoms with E-state index in [-0.39, 0.29) is 5.69 Å². The van der Waals surface area contributed by atoms with Crippen molar-refractivity contribution in [1.29, 1.82) is 0 Å². The fourth-order valence-electron chi connectivity index (χ4n) is 2.06. The molecule has 6 nitrogen and oxygen atoms in total. The van der Waals surface area contributed by atoms with E-state index >= 15 is 0 Å². The molecule has 1 N–H and O–H groups in total. The molecule has 0 saturated heterocycles. The van der Waals surface area contributed by atoms with Crippen molar-refractivity contribution >= 4 is 5.97 Å². The summed E-state index contributed by atoms with van der Waals surface area (Å²) < 4.78 is 7.34. The quantitative estimate of drug-likeness (QED) is 0.800. The van der Waals surface area contributed by atoms with E-state index in [1.165, 1.54) is 6.20 Å². The summed E-state index contributed by atoms with van der Waals surface area (Å²) >= 11 is 0. The molecule has 0 amide bonds. The molecule has 0 bridgehead atoms. The van der Waals surface area contributed by atoms with Crippen LogP contribution in [0, 0.1) is 0 Å². The molecule has 0 aliphatic heterocycles. The molecule has 6 heteroatoms. The average molecular weight is 295 g/mol. The van der Waals surface area contributed by atoms with Crippen molar-refractivity contribution in [2.45, 2.75) is 0 Å². The van der Waals surface area contributed by atoms with Gasteiger partial charge in [-0.05, 0) is 18.2 Å². The summed E-state index contributed by atoms with van der Waals surface area (Å²) in [6, 6.07) is 12.7. The fourth-order valence-corrected chi connectivity index (χ4v) is 2.06. The minimum absolute atomic E-state index is 0.00791. The maximum absolute atomic E-state index is 11.0. The molecule has 0 aliphatic rings. The average Bonchev–Trinajstić information content (AvgIpc) is 2.91. The van der Waals surface area contributed by atoms with Gasteiger partial charge < -0.3 is 14.4 Å². The van der Waals surface area contributed by atoms with Gasteiger partial charge in [-0.3, -0.25) is 0 Å². The standard InChI is InChI=1S/C16H13N3O3/c1-19-10-13(16(20)21)18-15(19)11-5-4-6-12(9-11)22-14-7-2-3-8-17-14/h2-10H,1H3,(H,20,21). The number of carboxylic acids is 1. The molecule has 2 aromatic heterocycles. The molecular weight excluding hydrogens is 282 g/mol. The van der Waals surface area contributed by atoms with E-state index in [2.05, 4.69) is 9.97 Å². The number of hydrogen-bond acceptors (Lipinski definition) is 4. The van der Waals surface area contributed by atoms with E-state index in [0.29, 0.717) is 17.5 Å². The Morgan fingerprint density at radius 3 is 2.77 bits per heavy atom. The van der Waals surface area contributed by atoms with Gasteiger partial charge in [0.2, 0.25) is 5.88 Å². The largest absolute Gasteiger partial charge is 0.476 e. The molecule has 0 unspecified atom stereocenters. The highest BCUT2D eigenvalue weighted by Gasteiger charge is 2.13. The van der Waals surface area contributed by atoms with Crippen LogP contribution >= 0.6 is 0 Å². The van der Waals surface area contributed by atoms with Gasteiger partial charge >= 0.3 is 5.97 Å². The molecule has 2 heterocycles. The Labute approximate surface area is 126 Å². The fraction of sp³-hybridized carbons (Fsp3) is 0.0625. The lowest BCUT2D eigenvalue weighted by Gasteiger charge is -2.06. The van der Waals surface area contributed by atoms with Gasteiger partial charge in [0.25, 0.3) is 0 Å². The van der Waals surface area contributed by atoms with Gasteiger partial charge in [-0.1, -0.05) is 18.2 Å². The van der Waals surface area contributed by atoms with E-state index in [9.17, 15) is 4.79 Å². The molecule has 3 rings (SSSR count). The number of aromatic nitrogens is 3. The first kappa shape index (κ1) is 13.8. The second-order valence-electron chi connectivity index (χ2n) is 4.66. The number of aromatic carboxylic acids is 1. The number of nitrogens with zero attached hydrogens (tertiary/aromatic N) is 3. The van der Waals surface area contributed by atoms with Crippen molar-refractivity contribution in [3.05, 3.63) is 60.6 Å². The Morgan fingerprint density at radius 2 is 2.09 bits per heavy atom. The van der Waals surface area contributed by atoms with E-state index in [1.54, 1.807) is 36.0 Å². The second kappa shape index (κ2) is 5.69. The number of carboxylic acid groups (broad SMARTS) is 1. The Bertz CT molecular complexity index is 813. The molecule has 0 aliphatic carbocycles. The third-order valence-corrected chi connectivity index (χ3v) is 3.05. The lowest BCUT2D eigenvalue weighted by Crippen LogP contribution is -1.95. The molecule has 22 heavy (non-hydrogen) atoms. The minimum Gasteiger partial charge on any atom is -0.476 e. The molecule has 1 aromatic carbocycles. The monoisotopic (exact) mass is 295 g/mol. The van der Waals surface area contributed by atoms with Gasteiger partial charge in [-0.2, -0.15) is 0 Å². The molecule has 0 spiro atoms. The van der Waals surface area contributed by atoms with Gasteiger partial charge in [0.1, 0.15) is 11.6 Å². The van der Waals surface area contributed by atoms with Crippen LogP contribution in [0.25, 0.3) is 11.4 Å². The van der Waals surface area contributed by atoms with E-state index < -0.39 is 5.97 Å². The SMILES string of the molecule is Cn1cc(C(=O)O)nc1-c1cccc(Oc2ccccn2)c1. The highest BCUT2D eigenvalue weighted by molar-refractivity contribution is 5.86. The molecule has 110 valence electrons. The van der Waals surface area contributed by atoms with Gasteiger partial charge in [0.05, 0.1) is 0 Å². The van der Waals surface area contributed by atoms with E-state index in [1.807, 2.05) is 24.3 Å². The molecule has 0 atom stereocenters. The number of ether oxygens (including phenoxy) is 1. The van der Waals surface area contributed by atoms with Crippen LogP contribution in [0.3, 0.4) is 0 Å². The highest BCUT2D eigenvalue weighted by Crippen LogP contribution is 2.25. The number of aryl methyl sites for hydroxylation is 1. The van der Waals surface area contributed by atoms with Gasteiger partial charge in [-0.25, -0.2) is 14.8 Å². The molecule has 3 aromatic rings. The predicted octanol–water partition coefficient (Wildman–Crippen LogP) is 2.97. The number of benzene rings is 1. The van der Waals surface area contributed by atoms with Crippen molar-refractivity contribution < 1.29 is 14.6 Å². The minimum atomic E-state index is -1.05. The molecule has 0 radical (unpaired) electrons. The summed E-state index contributed by atoms with van der Waals surface area (Å²) in [4.78, 5) is 19.2. The van der Waals surface area contributed by atoms with Gasteiger partial charge in [0, 0.05) is 31.1 Å². The topological polar surface area (TPSA) is 77.2 Å². The Balaban J connectivity index is 1.93. The van der Waals surface area contributed by atoms with E-state index in [4.69, 9.17) is 9.84 Å². The Kier molecular flexibility index (Phi) is 3.57. The zero-order valence-electron chi connectivity index (χ0n) is 11.8. The summed E-state index contributed by atoms with van der Waals surface area (Å²) in [6.45, 7) is 0. The number of imidazole rings is 1. The van der Waals surface area contributed by atoms with Crippen LogP contribution in [0.15, 0.2) is 54.9 Å². The van der Waals surface area contributed by atoms with Crippen molar-refractivity contribution in [3.63, 3.8) is 0 Å². The maximum Gasteiger partial charge on any atom is 0.356 e. The lowest BCUT2D eigenvalue weighted by atomic mass is 10.2. The number of hydrogen-bond donors (Lipinski definition) is 1. The van der Waals surface area contributed by atoms with Crippen molar-refractivity contribution in [2.75, 3.05) is 0 Å². The first-order valence-electron chi connectivity index (χ1n) is 6.59. The van der Waals surface area contributed by atoms with Crippen LogP contribution < -0.4 is 4.74 Å². The summed E-state index contributed by atoms with van der Waals surface area (Å²) in [6.07, 6.45) is 3.13. The van der Waals surface area contributed by atoms with E-state index in [0.717, 1.165) is 5.56 Å². The van der Waals surface area contributed by atoms with Crippen LogP contribution in [0.2, 0.25) is 0 Å². The zero-order valence-corrected chi connectivity index (χ0v) is 11.8. The lowest BCUT2D eigenvalue weighted by molar-refractivity contribution is 0.0691. The summed E-state index contributed by atoms with van der Waals surface area (Å²) in [5.74, 6) is 0.605. The number of carbonyl (C=O) groups is 1. The summed E-state index contributed by atoms with van der Waals surface area (Å²) in [5, 5.41) is 9.01.